The molecule has 0 aromatic carbocycles. The molecule has 0 aromatic heterocycles. The van der Waals surface area contributed by atoms with Gasteiger partial charge in [0.25, 0.3) is 0 Å². The van der Waals surface area contributed by atoms with Crippen LogP contribution in [0.2, 0.25) is 0 Å². The maximum atomic E-state index is 11.8. The van der Waals surface area contributed by atoms with Crippen LogP contribution in [0.1, 0.15) is 73.6 Å². The Morgan fingerprint density at radius 2 is 1.41 bits per heavy atom. The molecule has 0 aromatic rings. The van der Waals surface area contributed by atoms with Crippen molar-refractivity contribution in [2.24, 2.45) is 45.8 Å². The van der Waals surface area contributed by atoms with Crippen molar-refractivity contribution in [3.8, 4) is 0 Å². The lowest BCUT2D eigenvalue weighted by molar-refractivity contribution is -0.222. The minimum absolute atomic E-state index is 0.0249. The maximum Gasteiger partial charge on any atom is 0.303 e. The SMILES string of the molecule is CC(C)(C)C1C2CC3CC(C2)C(C(C)(C)C)C1(CC(=O)O)C3. The molecule has 0 amide bonds. The molecule has 4 atom stereocenters. The van der Waals surface area contributed by atoms with E-state index in [0.717, 1.165) is 24.2 Å². The van der Waals surface area contributed by atoms with Gasteiger partial charge in [-0.25, -0.2) is 0 Å². The molecule has 4 aliphatic rings. The Morgan fingerprint density at radius 1 is 0.955 bits per heavy atom. The van der Waals surface area contributed by atoms with E-state index in [4.69, 9.17) is 0 Å². The van der Waals surface area contributed by atoms with Crippen LogP contribution in [0.15, 0.2) is 0 Å². The van der Waals surface area contributed by atoms with E-state index < -0.39 is 5.97 Å². The molecule has 0 heterocycles. The molecular weight excluding hydrogens is 272 g/mol. The summed E-state index contributed by atoms with van der Waals surface area (Å²) < 4.78 is 0. The van der Waals surface area contributed by atoms with Gasteiger partial charge in [0.1, 0.15) is 0 Å². The van der Waals surface area contributed by atoms with E-state index in [1.807, 2.05) is 0 Å². The minimum atomic E-state index is -0.578. The first-order valence-electron chi connectivity index (χ1n) is 9.17. The molecule has 4 aliphatic carbocycles. The zero-order chi connectivity index (χ0) is 16.5. The summed E-state index contributed by atoms with van der Waals surface area (Å²) in [6, 6.07) is 0. The van der Waals surface area contributed by atoms with Gasteiger partial charge in [0, 0.05) is 0 Å². The van der Waals surface area contributed by atoms with E-state index in [-0.39, 0.29) is 16.2 Å². The number of carboxylic acids is 1. The van der Waals surface area contributed by atoms with Gasteiger partial charge < -0.3 is 5.11 Å². The van der Waals surface area contributed by atoms with Crippen molar-refractivity contribution in [3.05, 3.63) is 0 Å². The molecule has 4 fully saturated rings. The van der Waals surface area contributed by atoms with Gasteiger partial charge in [-0.3, -0.25) is 4.79 Å². The van der Waals surface area contributed by atoms with Crippen molar-refractivity contribution >= 4 is 5.97 Å². The van der Waals surface area contributed by atoms with Crippen molar-refractivity contribution < 1.29 is 9.90 Å². The van der Waals surface area contributed by atoms with Gasteiger partial charge in [-0.05, 0) is 71.5 Å². The fraction of sp³-hybridized carbons (Fsp3) is 0.950. The molecule has 4 saturated carbocycles. The van der Waals surface area contributed by atoms with Gasteiger partial charge in [-0.2, -0.15) is 0 Å². The van der Waals surface area contributed by atoms with Crippen molar-refractivity contribution in [2.75, 3.05) is 0 Å². The summed E-state index contributed by atoms with van der Waals surface area (Å²) in [6.07, 6.45) is 5.62. The maximum absolute atomic E-state index is 11.8. The van der Waals surface area contributed by atoms with Crippen molar-refractivity contribution in [1.29, 1.82) is 0 Å². The number of carboxylic acid groups (broad SMARTS) is 1. The van der Waals surface area contributed by atoms with Crippen LogP contribution in [0.4, 0.5) is 0 Å². The van der Waals surface area contributed by atoms with Crippen LogP contribution in [-0.2, 0) is 4.79 Å². The third-order valence-electron chi connectivity index (χ3n) is 7.07. The van der Waals surface area contributed by atoms with Gasteiger partial charge in [0.05, 0.1) is 6.42 Å². The van der Waals surface area contributed by atoms with Gasteiger partial charge in [-0.1, -0.05) is 41.5 Å². The summed E-state index contributed by atoms with van der Waals surface area (Å²) in [6.45, 7) is 14.1. The first-order valence-corrected chi connectivity index (χ1v) is 9.17. The summed E-state index contributed by atoms with van der Waals surface area (Å²) in [5.74, 6) is 2.86. The largest absolute Gasteiger partial charge is 0.481 e. The molecule has 126 valence electrons. The highest BCUT2D eigenvalue weighted by atomic mass is 16.4. The average Bonchev–Trinajstić information content (AvgIpc) is 2.20. The predicted molar refractivity (Wildman–Crippen MR) is 89.5 cm³/mol. The molecule has 0 saturated heterocycles. The predicted octanol–water partition coefficient (Wildman–Crippen LogP) is 5.22. The molecule has 2 heteroatoms. The highest BCUT2D eigenvalue weighted by Gasteiger charge is 2.66. The monoisotopic (exact) mass is 306 g/mol. The quantitative estimate of drug-likeness (QED) is 0.759. The van der Waals surface area contributed by atoms with Gasteiger partial charge in [-0.15, -0.1) is 0 Å². The third kappa shape index (κ3) is 2.32. The van der Waals surface area contributed by atoms with Crippen LogP contribution in [0.5, 0.6) is 0 Å². The molecule has 4 bridgehead atoms. The van der Waals surface area contributed by atoms with Crippen LogP contribution >= 0.6 is 0 Å². The molecular formula is C20H34O2. The van der Waals surface area contributed by atoms with E-state index in [0.29, 0.717) is 18.3 Å². The summed E-state index contributed by atoms with van der Waals surface area (Å²) in [7, 11) is 0. The van der Waals surface area contributed by atoms with Crippen molar-refractivity contribution in [1.82, 2.24) is 0 Å². The average molecular weight is 306 g/mol. The van der Waals surface area contributed by atoms with Crippen LogP contribution in [0, 0.1) is 45.8 Å². The summed E-state index contributed by atoms with van der Waals surface area (Å²) in [4.78, 5) is 11.8. The summed E-state index contributed by atoms with van der Waals surface area (Å²) in [5.41, 5.74) is 0.435. The molecule has 4 rings (SSSR count). The Balaban J connectivity index is 2.13. The number of rotatable bonds is 2. The van der Waals surface area contributed by atoms with E-state index in [2.05, 4.69) is 41.5 Å². The molecule has 2 nitrogen and oxygen atoms in total. The molecule has 0 spiro atoms. The highest BCUT2D eigenvalue weighted by molar-refractivity contribution is 5.68. The zero-order valence-corrected chi connectivity index (χ0v) is 15.3. The second-order valence-electron chi connectivity index (χ2n) is 10.8. The number of carbonyl (C=O) groups is 1. The Hall–Kier alpha value is -0.530. The molecule has 0 aliphatic heterocycles. The van der Waals surface area contributed by atoms with Gasteiger partial charge >= 0.3 is 5.97 Å². The van der Waals surface area contributed by atoms with Gasteiger partial charge in [0.2, 0.25) is 0 Å². The van der Waals surface area contributed by atoms with Crippen molar-refractivity contribution in [3.63, 3.8) is 0 Å². The molecule has 1 N–H and O–H groups in total. The van der Waals surface area contributed by atoms with E-state index in [9.17, 15) is 9.90 Å². The van der Waals surface area contributed by atoms with Crippen LogP contribution < -0.4 is 0 Å². The van der Waals surface area contributed by atoms with Crippen molar-refractivity contribution in [2.45, 2.75) is 73.6 Å². The summed E-state index contributed by atoms with van der Waals surface area (Å²) >= 11 is 0. The minimum Gasteiger partial charge on any atom is -0.481 e. The normalized spacial score (nSPS) is 44.4. The first-order chi connectivity index (χ1) is 9.95. The number of hydrogen-bond acceptors (Lipinski definition) is 1. The molecule has 4 unspecified atom stereocenters. The molecule has 22 heavy (non-hydrogen) atoms. The Labute approximate surface area is 136 Å². The lowest BCUT2D eigenvalue weighted by Crippen LogP contribution is -2.64. The van der Waals surface area contributed by atoms with Gasteiger partial charge in [0.15, 0.2) is 0 Å². The zero-order valence-electron chi connectivity index (χ0n) is 15.3. The van der Waals surface area contributed by atoms with E-state index >= 15 is 0 Å². The second kappa shape index (κ2) is 4.74. The lowest BCUT2D eigenvalue weighted by Gasteiger charge is -2.70. The Morgan fingerprint density at radius 3 is 1.77 bits per heavy atom. The third-order valence-corrected chi connectivity index (χ3v) is 7.07. The Bertz CT molecular complexity index is 435. The first kappa shape index (κ1) is 16.3. The Kier molecular flexibility index (Phi) is 3.52. The fourth-order valence-corrected chi connectivity index (χ4v) is 7.88. The van der Waals surface area contributed by atoms with Crippen LogP contribution in [0.3, 0.4) is 0 Å². The van der Waals surface area contributed by atoms with Crippen LogP contribution in [-0.4, -0.2) is 11.1 Å². The number of aliphatic carboxylic acids is 1. The molecule has 0 radical (unpaired) electrons. The topological polar surface area (TPSA) is 37.3 Å². The standard InChI is InChI=1S/C20H34O2/c1-18(2,3)16-13-7-12-8-14(9-13)17(19(4,5)6)20(16,10-12)11-15(21)22/h12-14,16-17H,7-11H2,1-6H3,(H,21,22). The van der Waals surface area contributed by atoms with Crippen LogP contribution in [0.25, 0.3) is 0 Å². The highest BCUT2D eigenvalue weighted by Crippen LogP contribution is 2.72. The summed E-state index contributed by atoms with van der Waals surface area (Å²) in [5, 5.41) is 9.74. The smallest absolute Gasteiger partial charge is 0.303 e. The number of hydrogen-bond donors (Lipinski definition) is 1. The van der Waals surface area contributed by atoms with E-state index in [1.54, 1.807) is 0 Å². The second-order valence-corrected chi connectivity index (χ2v) is 10.8. The fourth-order valence-electron chi connectivity index (χ4n) is 7.88. The van der Waals surface area contributed by atoms with E-state index in [1.165, 1.54) is 19.3 Å². The lowest BCUT2D eigenvalue weighted by atomic mass is 9.34.